The molecule has 156 valence electrons. The quantitative estimate of drug-likeness (QED) is 0.424. The molecule has 0 spiro atoms. The number of pyridine rings is 1. The summed E-state index contributed by atoms with van der Waals surface area (Å²) in [4.78, 5) is 8.74. The van der Waals surface area contributed by atoms with Crippen molar-refractivity contribution in [3.05, 3.63) is 94.5 Å². The largest absolute Gasteiger partial charge is 0.373 e. The van der Waals surface area contributed by atoms with Gasteiger partial charge < -0.3 is 9.84 Å². The molecule has 0 atom stereocenters. The first kappa shape index (κ1) is 20.4. The van der Waals surface area contributed by atoms with Gasteiger partial charge >= 0.3 is 0 Å². The van der Waals surface area contributed by atoms with Gasteiger partial charge in [-0.15, -0.1) is 0 Å². The van der Waals surface area contributed by atoms with Crippen LogP contribution in [-0.4, -0.2) is 22.2 Å². The summed E-state index contributed by atoms with van der Waals surface area (Å²) in [5.41, 5.74) is 4.45. The highest BCUT2D eigenvalue weighted by Gasteiger charge is 2.18. The number of hydrogen-bond donors (Lipinski definition) is 1. The average Bonchev–Trinajstić information content (AvgIpc) is 3.23. The minimum atomic E-state index is -0.689. The predicted molar refractivity (Wildman–Crippen MR) is 116 cm³/mol. The van der Waals surface area contributed by atoms with E-state index in [0.717, 1.165) is 22.8 Å². The maximum atomic E-state index is 14.0. The van der Waals surface area contributed by atoms with E-state index in [2.05, 4.69) is 20.4 Å². The lowest BCUT2D eigenvalue weighted by Gasteiger charge is -2.07. The molecule has 2 aromatic heterocycles. The predicted octanol–water partition coefficient (Wildman–Crippen LogP) is 5.66. The van der Waals surface area contributed by atoms with Crippen molar-refractivity contribution in [1.29, 1.82) is 0 Å². The normalized spacial score (nSPS) is 11.6. The summed E-state index contributed by atoms with van der Waals surface area (Å²) in [6.45, 7) is 4.02. The molecule has 0 radical (unpaired) electrons. The Morgan fingerprint density at radius 3 is 2.48 bits per heavy atom. The van der Waals surface area contributed by atoms with Crippen LogP contribution in [0.3, 0.4) is 0 Å². The van der Waals surface area contributed by atoms with E-state index >= 15 is 0 Å². The van der Waals surface area contributed by atoms with Crippen LogP contribution in [0.4, 0.5) is 14.6 Å². The zero-order valence-corrected chi connectivity index (χ0v) is 17.3. The van der Waals surface area contributed by atoms with Crippen LogP contribution >= 0.6 is 0 Å². The Labute approximate surface area is 178 Å². The zero-order chi connectivity index (χ0) is 22.0. The van der Waals surface area contributed by atoms with Crippen LogP contribution in [0.5, 0.6) is 0 Å². The summed E-state index contributed by atoms with van der Waals surface area (Å²) >= 11 is 0. The van der Waals surface area contributed by atoms with Crippen molar-refractivity contribution in [2.24, 2.45) is 0 Å². The van der Waals surface area contributed by atoms with Crippen LogP contribution in [0.2, 0.25) is 0 Å². The summed E-state index contributed by atoms with van der Waals surface area (Å²) in [6.07, 6.45) is 3.43. The Kier molecular flexibility index (Phi) is 5.58. The lowest BCUT2D eigenvalue weighted by molar-refractivity contribution is 0.409. The van der Waals surface area contributed by atoms with Crippen molar-refractivity contribution >= 4 is 17.5 Å². The number of aryl methyl sites for hydroxylation is 2. The number of rotatable bonds is 5. The highest BCUT2D eigenvalue weighted by Crippen LogP contribution is 2.30. The van der Waals surface area contributed by atoms with Gasteiger partial charge in [-0.3, -0.25) is 0 Å². The first-order valence-corrected chi connectivity index (χ1v) is 9.67. The number of nitrogens with zero attached hydrogens (tertiary/aromatic N) is 3. The molecule has 0 unspecified atom stereocenters. The molecule has 0 aliphatic rings. The number of aromatic nitrogens is 3. The van der Waals surface area contributed by atoms with E-state index in [1.165, 1.54) is 12.1 Å². The second-order valence-corrected chi connectivity index (χ2v) is 7.13. The van der Waals surface area contributed by atoms with E-state index < -0.39 is 11.6 Å². The number of halogens is 2. The third-order valence-electron chi connectivity index (χ3n) is 4.96. The third-order valence-corrected chi connectivity index (χ3v) is 4.96. The molecular weight excluding hydrogens is 398 g/mol. The maximum Gasteiger partial charge on any atom is 0.258 e. The summed E-state index contributed by atoms with van der Waals surface area (Å²) in [5.74, 6) is -0.332. The smallest absolute Gasteiger partial charge is 0.258 e. The van der Waals surface area contributed by atoms with Gasteiger partial charge in [-0.05, 0) is 66.4 Å². The molecule has 0 amide bonds. The van der Waals surface area contributed by atoms with E-state index in [4.69, 9.17) is 4.52 Å². The van der Waals surface area contributed by atoms with Gasteiger partial charge in [0, 0.05) is 24.9 Å². The van der Waals surface area contributed by atoms with Crippen LogP contribution < -0.4 is 5.32 Å². The number of anilines is 1. The fraction of sp³-hybridized carbons (Fsp3) is 0.125. The Morgan fingerprint density at radius 1 is 1.00 bits per heavy atom. The molecule has 0 saturated carbocycles. The van der Waals surface area contributed by atoms with Gasteiger partial charge in [-0.25, -0.2) is 13.8 Å². The van der Waals surface area contributed by atoms with E-state index in [9.17, 15) is 8.78 Å². The van der Waals surface area contributed by atoms with E-state index in [0.29, 0.717) is 28.3 Å². The van der Waals surface area contributed by atoms with Gasteiger partial charge in [0.25, 0.3) is 5.89 Å². The van der Waals surface area contributed by atoms with Crippen molar-refractivity contribution in [3.63, 3.8) is 0 Å². The van der Waals surface area contributed by atoms with E-state index in [1.54, 1.807) is 25.4 Å². The van der Waals surface area contributed by atoms with Crippen molar-refractivity contribution in [2.75, 3.05) is 12.4 Å². The summed E-state index contributed by atoms with van der Waals surface area (Å²) in [7, 11) is 1.74. The lowest BCUT2D eigenvalue weighted by atomic mass is 10.00. The summed E-state index contributed by atoms with van der Waals surface area (Å²) < 4.78 is 33.5. The molecule has 7 heteroatoms. The Bertz CT molecular complexity index is 1260. The topological polar surface area (TPSA) is 63.8 Å². The number of hydrogen-bond acceptors (Lipinski definition) is 5. The highest BCUT2D eigenvalue weighted by molar-refractivity contribution is 5.89. The monoisotopic (exact) mass is 418 g/mol. The second-order valence-electron chi connectivity index (χ2n) is 7.13. The minimum Gasteiger partial charge on any atom is -0.373 e. The molecule has 2 aromatic carbocycles. The van der Waals surface area contributed by atoms with E-state index in [-0.39, 0.29) is 5.89 Å². The van der Waals surface area contributed by atoms with Crippen molar-refractivity contribution in [2.45, 2.75) is 13.8 Å². The SMILES string of the molecule is CNc1ncccc1-c1noc(/C(=C/c2ccc(C)c(C)c2)c2cc(F)cc(F)c2)n1. The molecule has 2 heterocycles. The zero-order valence-electron chi connectivity index (χ0n) is 17.3. The van der Waals surface area contributed by atoms with Gasteiger partial charge in [-0.1, -0.05) is 23.4 Å². The van der Waals surface area contributed by atoms with Crippen molar-refractivity contribution < 1.29 is 13.3 Å². The van der Waals surface area contributed by atoms with Crippen molar-refractivity contribution in [1.82, 2.24) is 15.1 Å². The molecule has 0 aliphatic carbocycles. The number of benzene rings is 2. The molecule has 4 aromatic rings. The van der Waals surface area contributed by atoms with E-state index in [1.807, 2.05) is 38.1 Å². The van der Waals surface area contributed by atoms with Gasteiger partial charge in [0.1, 0.15) is 17.5 Å². The van der Waals surface area contributed by atoms with Crippen molar-refractivity contribution in [3.8, 4) is 11.4 Å². The highest BCUT2D eigenvalue weighted by atomic mass is 19.1. The minimum absolute atomic E-state index is 0.143. The maximum absolute atomic E-state index is 14.0. The Morgan fingerprint density at radius 2 is 1.77 bits per heavy atom. The third kappa shape index (κ3) is 4.35. The molecule has 1 N–H and O–H groups in total. The fourth-order valence-corrected chi connectivity index (χ4v) is 3.23. The Balaban J connectivity index is 1.86. The van der Waals surface area contributed by atoms with Crippen LogP contribution in [0, 0.1) is 25.5 Å². The van der Waals surface area contributed by atoms with Crippen LogP contribution in [0.1, 0.15) is 28.1 Å². The molecule has 0 fully saturated rings. The Hall–Kier alpha value is -3.87. The molecule has 4 rings (SSSR count). The molecule has 31 heavy (non-hydrogen) atoms. The fourth-order valence-electron chi connectivity index (χ4n) is 3.23. The number of nitrogens with one attached hydrogen (secondary N) is 1. The molecule has 0 saturated heterocycles. The van der Waals surface area contributed by atoms with Gasteiger partial charge in [-0.2, -0.15) is 4.98 Å². The lowest BCUT2D eigenvalue weighted by Crippen LogP contribution is -1.96. The van der Waals surface area contributed by atoms with Gasteiger partial charge in [0.05, 0.1) is 5.56 Å². The first-order chi connectivity index (χ1) is 14.9. The summed E-state index contributed by atoms with van der Waals surface area (Å²) in [6, 6.07) is 12.8. The van der Waals surface area contributed by atoms with Gasteiger partial charge in [0.15, 0.2) is 0 Å². The molecule has 0 aliphatic heterocycles. The average molecular weight is 418 g/mol. The molecule has 5 nitrogen and oxygen atoms in total. The second kappa shape index (κ2) is 8.47. The summed E-state index contributed by atoms with van der Waals surface area (Å²) in [5, 5.41) is 7.05. The van der Waals surface area contributed by atoms with Crippen LogP contribution in [-0.2, 0) is 0 Å². The molecular formula is C24H20F2N4O. The van der Waals surface area contributed by atoms with Gasteiger partial charge in [0.2, 0.25) is 5.82 Å². The van der Waals surface area contributed by atoms with Crippen LogP contribution in [0.25, 0.3) is 23.0 Å². The standard InChI is InChI=1S/C24H20F2N4O/c1-14-6-7-16(9-15(14)2)10-21(17-11-18(25)13-19(26)12-17)24-29-23(30-31-24)20-5-4-8-28-22(20)27-3/h4-13H,1-3H3,(H,27,28)/b21-10+. The van der Waals surface area contributed by atoms with Crippen LogP contribution in [0.15, 0.2) is 59.3 Å². The molecule has 0 bridgehead atoms. The first-order valence-electron chi connectivity index (χ1n) is 9.67.